The minimum absolute atomic E-state index is 0.198. The van der Waals surface area contributed by atoms with Gasteiger partial charge in [0.2, 0.25) is 11.8 Å². The molecule has 1 atom stereocenters. The second kappa shape index (κ2) is 18.3. The lowest BCUT2D eigenvalue weighted by molar-refractivity contribution is -0.133. The maximum Gasteiger partial charge on any atom is 0.249 e. The third-order valence-corrected chi connectivity index (χ3v) is 12.1. The van der Waals surface area contributed by atoms with Crippen molar-refractivity contribution in [2.24, 2.45) is 0 Å². The number of benzene rings is 3. The third-order valence-electron chi connectivity index (χ3n) is 12.1. The molecule has 6 N–H and O–H groups in total. The van der Waals surface area contributed by atoms with E-state index >= 15 is 0 Å². The molecule has 8 rings (SSSR count). The fourth-order valence-electron chi connectivity index (χ4n) is 8.64. The maximum atomic E-state index is 12.1. The van der Waals surface area contributed by atoms with Crippen LogP contribution in [0.25, 0.3) is 0 Å². The largest absolute Gasteiger partial charge is 0.457 e. The van der Waals surface area contributed by atoms with Crippen molar-refractivity contribution in [2.45, 2.75) is 56.7 Å². The van der Waals surface area contributed by atoms with Gasteiger partial charge in [-0.05, 0) is 106 Å². The summed E-state index contributed by atoms with van der Waals surface area (Å²) in [4.78, 5) is 42.7. The fourth-order valence-corrected chi connectivity index (χ4v) is 8.64. The Kier molecular flexibility index (Phi) is 12.4. The second-order valence-electron chi connectivity index (χ2n) is 15.8. The molecule has 4 saturated heterocycles. The van der Waals surface area contributed by atoms with Crippen LogP contribution in [0.5, 0.6) is 11.5 Å². The number of likely N-dealkylation sites (tertiary alicyclic amines) is 2. The Hall–Kier alpha value is -5.57. The molecule has 0 saturated carbocycles. The molecule has 0 radical (unpaired) electrons. The van der Waals surface area contributed by atoms with Crippen LogP contribution >= 0.6 is 0 Å². The second-order valence-corrected chi connectivity index (χ2v) is 15.8. The molecule has 4 aliphatic rings. The Bertz CT molecular complexity index is 2010. The van der Waals surface area contributed by atoms with E-state index in [9.17, 15) is 9.59 Å². The zero-order valence-corrected chi connectivity index (χ0v) is 33.1. The summed E-state index contributed by atoms with van der Waals surface area (Å²) in [7, 11) is 0. The van der Waals surface area contributed by atoms with Gasteiger partial charge in [-0.2, -0.15) is 0 Å². The summed E-state index contributed by atoms with van der Waals surface area (Å²) in [6.07, 6.45) is 6.80. The molecule has 4 aromatic rings. The van der Waals surface area contributed by atoms with E-state index in [1.807, 2.05) is 66.7 Å². The number of hydrogen-bond donors (Lipinski definition) is 5. The van der Waals surface area contributed by atoms with Crippen molar-refractivity contribution in [1.29, 1.82) is 5.41 Å². The molecule has 5 heterocycles. The Morgan fingerprint density at radius 1 is 0.759 bits per heavy atom. The summed E-state index contributed by atoms with van der Waals surface area (Å²) >= 11 is 0. The topological polar surface area (TPSA) is 168 Å². The number of nitrogens with zero attached hydrogens (tertiary/aromatic N) is 6. The number of para-hydroxylation sites is 1. The summed E-state index contributed by atoms with van der Waals surface area (Å²) < 4.78 is 5.94. The molecule has 1 unspecified atom stereocenters. The number of anilines is 4. The fraction of sp³-hybridized carbons (Fsp3) is 0.432. The molecule has 14 nitrogen and oxygen atoms in total. The molecule has 0 spiro atoms. The number of amides is 2. The highest BCUT2D eigenvalue weighted by Crippen LogP contribution is 2.28. The standard InChI is InChI=1S/C44H55N11O3/c45-41(31-6-12-37(13-7-31)58-36-4-2-1-3-5-36)40-42(46)47-30-48-43(40)50-33-16-22-54(23-17-33)35-18-20-52(21-19-35)24-25-53-26-28-55(29-27-53)34-10-8-32(9-11-34)49-38-14-15-39(56)51-44(38)57/h1-13,30,33,35,38,45,49H,14-29H2,(H,51,56,57)(H3,46,47,48,50). The van der Waals surface area contributed by atoms with Gasteiger partial charge in [0.05, 0.1) is 11.3 Å². The molecule has 4 fully saturated rings. The number of nitrogens with two attached hydrogens (primary N) is 1. The number of imide groups is 1. The first-order chi connectivity index (χ1) is 28.3. The summed E-state index contributed by atoms with van der Waals surface area (Å²) in [6, 6.07) is 25.9. The number of carbonyl (C=O) groups is 2. The predicted molar refractivity (Wildman–Crippen MR) is 228 cm³/mol. The number of ether oxygens (including phenoxy) is 1. The zero-order valence-electron chi connectivity index (χ0n) is 33.1. The van der Waals surface area contributed by atoms with E-state index in [0.717, 1.165) is 95.3 Å². The minimum atomic E-state index is -0.368. The number of carbonyl (C=O) groups excluding carboxylic acids is 2. The van der Waals surface area contributed by atoms with Gasteiger partial charge in [0, 0.05) is 87.8 Å². The van der Waals surface area contributed by atoms with Crippen LogP contribution in [0, 0.1) is 5.41 Å². The van der Waals surface area contributed by atoms with Crippen LogP contribution < -0.4 is 31.3 Å². The molecular weight excluding hydrogens is 731 g/mol. The normalized spacial score (nSPS) is 20.4. The highest BCUT2D eigenvalue weighted by atomic mass is 16.5. The van der Waals surface area contributed by atoms with Crippen molar-refractivity contribution in [2.75, 3.05) is 86.7 Å². The number of hydrogen-bond acceptors (Lipinski definition) is 13. The molecule has 1 aromatic heterocycles. The van der Waals surface area contributed by atoms with Crippen LogP contribution in [0.15, 0.2) is 85.2 Å². The van der Waals surface area contributed by atoms with Gasteiger partial charge in [0.25, 0.3) is 0 Å². The summed E-state index contributed by atoms with van der Waals surface area (Å²) in [5, 5.41) is 18.4. The van der Waals surface area contributed by atoms with E-state index in [1.54, 1.807) is 0 Å². The van der Waals surface area contributed by atoms with E-state index in [-0.39, 0.29) is 29.6 Å². The lowest BCUT2D eigenvalue weighted by atomic mass is 9.97. The van der Waals surface area contributed by atoms with Gasteiger partial charge in [-0.3, -0.25) is 25.2 Å². The van der Waals surface area contributed by atoms with E-state index < -0.39 is 0 Å². The molecule has 3 aromatic carbocycles. The average Bonchev–Trinajstić information content (AvgIpc) is 3.25. The number of piperazine rings is 1. The van der Waals surface area contributed by atoms with Gasteiger partial charge < -0.3 is 35.8 Å². The number of piperidine rings is 3. The average molecular weight is 786 g/mol. The number of rotatable bonds is 13. The molecule has 2 amide bonds. The molecule has 4 aliphatic heterocycles. The molecule has 304 valence electrons. The van der Waals surface area contributed by atoms with Crippen LogP contribution in [0.3, 0.4) is 0 Å². The zero-order chi connectivity index (χ0) is 39.8. The summed E-state index contributed by atoms with van der Waals surface area (Å²) in [5.74, 6) is 1.93. The van der Waals surface area contributed by atoms with E-state index in [0.29, 0.717) is 41.8 Å². The smallest absolute Gasteiger partial charge is 0.249 e. The lowest BCUT2D eigenvalue weighted by Crippen LogP contribution is -2.51. The van der Waals surface area contributed by atoms with Gasteiger partial charge in [0.15, 0.2) is 0 Å². The monoisotopic (exact) mass is 785 g/mol. The van der Waals surface area contributed by atoms with E-state index in [2.05, 4.69) is 57.7 Å². The number of nitrogens with one attached hydrogen (secondary N) is 4. The molecule has 0 bridgehead atoms. The molecule has 14 heteroatoms. The van der Waals surface area contributed by atoms with Gasteiger partial charge in [-0.25, -0.2) is 9.97 Å². The van der Waals surface area contributed by atoms with E-state index in [1.165, 1.54) is 24.9 Å². The Morgan fingerprint density at radius 2 is 1.43 bits per heavy atom. The van der Waals surface area contributed by atoms with Crippen LogP contribution in [0.2, 0.25) is 0 Å². The predicted octanol–water partition coefficient (Wildman–Crippen LogP) is 4.65. The SMILES string of the molecule is N=C(c1ccc(Oc2ccccc2)cc1)c1c(N)ncnc1NC1CCN(C2CCN(CCN3CCN(c4ccc(NC5CCC(=O)NC5=O)cc4)CC3)CC2)CC1. The molecule has 0 aliphatic carbocycles. The van der Waals surface area contributed by atoms with Crippen molar-refractivity contribution in [3.8, 4) is 11.5 Å². The quantitative estimate of drug-likeness (QED) is 0.0943. The Balaban J connectivity index is 0.737. The number of nitrogen functional groups attached to an aromatic ring is 1. The van der Waals surface area contributed by atoms with Crippen LogP contribution in [-0.2, 0) is 9.59 Å². The van der Waals surface area contributed by atoms with Crippen LogP contribution in [0.4, 0.5) is 23.0 Å². The van der Waals surface area contributed by atoms with E-state index in [4.69, 9.17) is 15.9 Å². The first-order valence-corrected chi connectivity index (χ1v) is 20.8. The highest BCUT2D eigenvalue weighted by molar-refractivity contribution is 6.16. The van der Waals surface area contributed by atoms with Crippen molar-refractivity contribution in [3.05, 3.63) is 96.3 Å². The highest BCUT2D eigenvalue weighted by Gasteiger charge is 2.30. The van der Waals surface area contributed by atoms with Gasteiger partial charge in [-0.1, -0.05) is 18.2 Å². The number of aromatic nitrogens is 2. The first-order valence-electron chi connectivity index (χ1n) is 20.8. The van der Waals surface area contributed by atoms with Crippen LogP contribution in [0.1, 0.15) is 49.7 Å². The van der Waals surface area contributed by atoms with Crippen molar-refractivity contribution < 1.29 is 14.3 Å². The third kappa shape index (κ3) is 9.75. The van der Waals surface area contributed by atoms with Gasteiger partial charge >= 0.3 is 0 Å². The minimum Gasteiger partial charge on any atom is -0.457 e. The Morgan fingerprint density at radius 3 is 2.12 bits per heavy atom. The molecule has 58 heavy (non-hydrogen) atoms. The first kappa shape index (κ1) is 39.3. The van der Waals surface area contributed by atoms with Crippen molar-refractivity contribution >= 4 is 40.5 Å². The lowest BCUT2D eigenvalue weighted by Gasteiger charge is -2.42. The van der Waals surface area contributed by atoms with Crippen LogP contribution in [-0.4, -0.2) is 126 Å². The van der Waals surface area contributed by atoms with Crippen molar-refractivity contribution in [1.82, 2.24) is 30.0 Å². The van der Waals surface area contributed by atoms with Gasteiger partial charge in [-0.15, -0.1) is 0 Å². The van der Waals surface area contributed by atoms with Gasteiger partial charge in [0.1, 0.15) is 35.5 Å². The summed E-state index contributed by atoms with van der Waals surface area (Å²) in [5.41, 5.74) is 9.99. The maximum absolute atomic E-state index is 12.1. The summed E-state index contributed by atoms with van der Waals surface area (Å²) in [6.45, 7) is 10.7. The Labute approximate surface area is 340 Å². The molecular formula is C44H55N11O3. The van der Waals surface area contributed by atoms with Crippen molar-refractivity contribution in [3.63, 3.8) is 0 Å².